The van der Waals surface area contributed by atoms with Gasteiger partial charge in [0.05, 0.1) is 0 Å². The molecule has 0 spiro atoms. The van der Waals surface area contributed by atoms with Crippen LogP contribution in [0.2, 0.25) is 0 Å². The molecule has 0 bridgehead atoms. The van der Waals surface area contributed by atoms with Gasteiger partial charge in [0.1, 0.15) is 6.61 Å². The van der Waals surface area contributed by atoms with Gasteiger partial charge in [-0.15, -0.1) is 0 Å². The standard InChI is InChI=1S/C4H4F5NO2/c5-2(6)1-12-10-3(11)4(7,8)9/h2H,1H2,(H,10,11). The zero-order valence-electron chi connectivity index (χ0n) is 5.49. The number of hydroxylamine groups is 1. The van der Waals surface area contributed by atoms with Crippen molar-refractivity contribution < 1.29 is 31.6 Å². The van der Waals surface area contributed by atoms with E-state index in [1.165, 1.54) is 0 Å². The van der Waals surface area contributed by atoms with E-state index in [-0.39, 0.29) is 0 Å². The van der Waals surface area contributed by atoms with Gasteiger partial charge in [-0.05, 0) is 0 Å². The van der Waals surface area contributed by atoms with E-state index in [9.17, 15) is 26.7 Å². The lowest BCUT2D eigenvalue weighted by molar-refractivity contribution is -0.188. The molecule has 1 N–H and O–H groups in total. The van der Waals surface area contributed by atoms with Crippen LogP contribution in [0, 0.1) is 0 Å². The van der Waals surface area contributed by atoms with Crippen LogP contribution in [0.3, 0.4) is 0 Å². The van der Waals surface area contributed by atoms with Crippen molar-refractivity contribution in [3.63, 3.8) is 0 Å². The fraction of sp³-hybridized carbons (Fsp3) is 0.750. The number of hydrogen-bond acceptors (Lipinski definition) is 2. The quantitative estimate of drug-likeness (QED) is 0.533. The van der Waals surface area contributed by atoms with Crippen molar-refractivity contribution in [2.24, 2.45) is 0 Å². The van der Waals surface area contributed by atoms with E-state index in [1.54, 1.807) is 0 Å². The normalized spacial score (nSPS) is 11.8. The Hall–Kier alpha value is -0.920. The van der Waals surface area contributed by atoms with Crippen LogP contribution in [0.15, 0.2) is 0 Å². The summed E-state index contributed by atoms with van der Waals surface area (Å²) in [7, 11) is 0. The van der Waals surface area contributed by atoms with Gasteiger partial charge in [0.25, 0.3) is 6.43 Å². The van der Waals surface area contributed by atoms with Crippen LogP contribution in [0.25, 0.3) is 0 Å². The highest BCUT2D eigenvalue weighted by Gasteiger charge is 2.39. The van der Waals surface area contributed by atoms with Crippen LogP contribution >= 0.6 is 0 Å². The lowest BCUT2D eigenvalue weighted by Gasteiger charge is -2.06. The second kappa shape index (κ2) is 4.19. The van der Waals surface area contributed by atoms with E-state index in [4.69, 9.17) is 0 Å². The van der Waals surface area contributed by atoms with Crippen molar-refractivity contribution in [3.05, 3.63) is 0 Å². The van der Waals surface area contributed by atoms with Gasteiger partial charge in [-0.25, -0.2) is 14.3 Å². The van der Waals surface area contributed by atoms with Crippen LogP contribution in [0.4, 0.5) is 22.0 Å². The molecule has 0 saturated heterocycles. The third-order valence-corrected chi connectivity index (χ3v) is 0.632. The molecule has 1 amide bonds. The number of hydrogen-bond donors (Lipinski definition) is 1. The number of rotatable bonds is 3. The summed E-state index contributed by atoms with van der Waals surface area (Å²) in [5.74, 6) is -2.41. The maximum absolute atomic E-state index is 11.3. The summed E-state index contributed by atoms with van der Waals surface area (Å²) in [5.41, 5.74) is 0.810. The van der Waals surface area contributed by atoms with E-state index in [2.05, 4.69) is 4.84 Å². The largest absolute Gasteiger partial charge is 0.473 e. The predicted molar refractivity (Wildman–Crippen MR) is 26.2 cm³/mol. The maximum atomic E-state index is 11.3. The predicted octanol–water partition coefficient (Wildman–Crippen LogP) is 0.862. The second-order valence-corrected chi connectivity index (χ2v) is 1.63. The molecule has 0 heterocycles. The first-order valence-corrected chi connectivity index (χ1v) is 2.61. The number of nitrogens with one attached hydrogen (secondary N) is 1. The highest BCUT2D eigenvalue weighted by molar-refractivity contribution is 5.80. The van der Waals surface area contributed by atoms with Crippen LogP contribution < -0.4 is 5.48 Å². The second-order valence-electron chi connectivity index (χ2n) is 1.63. The highest BCUT2D eigenvalue weighted by atomic mass is 19.4. The minimum Gasteiger partial charge on any atom is -0.267 e. The third kappa shape index (κ3) is 4.83. The maximum Gasteiger partial charge on any atom is 0.473 e. The molecule has 0 aliphatic carbocycles. The molecule has 0 aromatic rings. The van der Waals surface area contributed by atoms with Crippen molar-refractivity contribution in [2.75, 3.05) is 6.61 Å². The molecule has 0 aliphatic heterocycles. The Morgan fingerprint density at radius 3 is 2.25 bits per heavy atom. The van der Waals surface area contributed by atoms with Gasteiger partial charge in [-0.2, -0.15) is 13.2 Å². The summed E-state index contributed by atoms with van der Waals surface area (Å²) >= 11 is 0. The summed E-state index contributed by atoms with van der Waals surface area (Å²) in [6.45, 7) is -1.28. The fourth-order valence-corrected chi connectivity index (χ4v) is 0.228. The van der Waals surface area contributed by atoms with E-state index in [0.717, 1.165) is 5.48 Å². The van der Waals surface area contributed by atoms with Crippen LogP contribution in [0.5, 0.6) is 0 Å². The Labute approximate surface area is 63.4 Å². The van der Waals surface area contributed by atoms with Crippen LogP contribution in [-0.2, 0) is 9.63 Å². The Bertz CT molecular complexity index is 156. The average molecular weight is 193 g/mol. The first-order valence-electron chi connectivity index (χ1n) is 2.61. The number of amides is 1. The molecule has 0 aromatic heterocycles. The number of alkyl halides is 5. The molecular formula is C4H4F5NO2. The number of carbonyl (C=O) groups excluding carboxylic acids is 1. The summed E-state index contributed by atoms with van der Waals surface area (Å²) in [6, 6.07) is 0. The zero-order valence-corrected chi connectivity index (χ0v) is 5.49. The van der Waals surface area contributed by atoms with Gasteiger partial charge in [0, 0.05) is 0 Å². The number of carbonyl (C=O) groups is 1. The van der Waals surface area contributed by atoms with Gasteiger partial charge >= 0.3 is 12.1 Å². The van der Waals surface area contributed by atoms with Gasteiger partial charge in [-0.1, -0.05) is 0 Å². The molecule has 3 nitrogen and oxygen atoms in total. The van der Waals surface area contributed by atoms with E-state index in [0.29, 0.717) is 0 Å². The Morgan fingerprint density at radius 1 is 1.42 bits per heavy atom. The molecule has 72 valence electrons. The minimum absolute atomic E-state index is 0.810. The average Bonchev–Trinajstić information content (AvgIpc) is 1.84. The van der Waals surface area contributed by atoms with Crippen molar-refractivity contribution in [3.8, 4) is 0 Å². The van der Waals surface area contributed by atoms with E-state index < -0.39 is 25.1 Å². The summed E-state index contributed by atoms with van der Waals surface area (Å²) < 4.78 is 56.3. The molecule has 0 saturated carbocycles. The number of halogens is 5. The Morgan fingerprint density at radius 2 is 1.92 bits per heavy atom. The topological polar surface area (TPSA) is 38.3 Å². The summed E-state index contributed by atoms with van der Waals surface area (Å²) in [4.78, 5) is 13.4. The van der Waals surface area contributed by atoms with Crippen molar-refractivity contribution in [2.45, 2.75) is 12.6 Å². The third-order valence-electron chi connectivity index (χ3n) is 0.632. The first kappa shape index (κ1) is 11.1. The van der Waals surface area contributed by atoms with Gasteiger partial charge in [0.15, 0.2) is 0 Å². The monoisotopic (exact) mass is 193 g/mol. The molecule has 0 aliphatic rings. The molecule has 0 atom stereocenters. The van der Waals surface area contributed by atoms with Crippen molar-refractivity contribution >= 4 is 5.91 Å². The lowest BCUT2D eigenvalue weighted by Crippen LogP contribution is -2.37. The van der Waals surface area contributed by atoms with Crippen LogP contribution in [0.1, 0.15) is 0 Å². The molecule has 8 heteroatoms. The van der Waals surface area contributed by atoms with E-state index >= 15 is 0 Å². The smallest absolute Gasteiger partial charge is 0.267 e. The van der Waals surface area contributed by atoms with Gasteiger partial charge < -0.3 is 0 Å². The molecular weight excluding hydrogens is 189 g/mol. The summed E-state index contributed by atoms with van der Waals surface area (Å²) in [5, 5.41) is 0. The van der Waals surface area contributed by atoms with Crippen molar-refractivity contribution in [1.82, 2.24) is 5.48 Å². The first-order chi connectivity index (χ1) is 5.34. The lowest BCUT2D eigenvalue weighted by atomic mass is 10.6. The Kier molecular flexibility index (Phi) is 3.87. The van der Waals surface area contributed by atoms with Gasteiger partial charge in [-0.3, -0.25) is 9.63 Å². The fourth-order valence-electron chi connectivity index (χ4n) is 0.228. The molecule has 0 rings (SSSR count). The summed E-state index contributed by atoms with van der Waals surface area (Å²) in [6.07, 6.45) is -8.05. The molecule has 0 fully saturated rings. The molecule has 12 heavy (non-hydrogen) atoms. The van der Waals surface area contributed by atoms with E-state index in [1.807, 2.05) is 0 Å². The minimum atomic E-state index is -5.12. The zero-order chi connectivity index (χ0) is 9.78. The SMILES string of the molecule is O=C(NOCC(F)F)C(F)(F)F. The molecule has 0 unspecified atom stereocenters. The van der Waals surface area contributed by atoms with Gasteiger partial charge in [0.2, 0.25) is 0 Å². The van der Waals surface area contributed by atoms with Crippen LogP contribution in [-0.4, -0.2) is 25.1 Å². The molecule has 0 aromatic carbocycles. The van der Waals surface area contributed by atoms with Crippen molar-refractivity contribution in [1.29, 1.82) is 0 Å². The Balaban J connectivity index is 3.59. The molecule has 0 radical (unpaired) electrons. The highest BCUT2D eigenvalue weighted by Crippen LogP contribution is 2.13.